The molecule has 0 bridgehead atoms. The molecule has 0 unspecified atom stereocenters. The third kappa shape index (κ3) is 38.3. The summed E-state index contributed by atoms with van der Waals surface area (Å²) in [5.41, 5.74) is 120. The molecular weight excluding hydrogens is 1460 g/mol. The molecule has 0 radical (unpaired) electrons. The molecule has 0 saturated carbocycles. The van der Waals surface area contributed by atoms with Crippen molar-refractivity contribution < 1.29 is 42.6 Å². The number of aromatic nitrogens is 14. The van der Waals surface area contributed by atoms with Gasteiger partial charge >= 0.3 is 0 Å². The number of rotatable bonds is 38. The topological polar surface area (TPSA) is 858 Å². The molecule has 0 saturated heterocycles. The number of hydrogen-bond donors (Lipinski definition) is 25. The van der Waals surface area contributed by atoms with Gasteiger partial charge < -0.3 is 174 Å². The molecule has 0 spiro atoms. The normalized spacial score (nSPS) is 10.3. The molecule has 0 fully saturated rings. The minimum Gasteiger partial charge on any atom is -0.476 e. The fourth-order valence-electron chi connectivity index (χ4n) is 8.11. The second kappa shape index (κ2) is 54.6. The Balaban J connectivity index is 0.000000444. The van der Waals surface area contributed by atoms with Gasteiger partial charge in [0.15, 0.2) is 40.7 Å². The fraction of sp³-hybridized carbons (Fsp3) is 0.469. The largest absolute Gasteiger partial charge is 0.476 e. The smallest absolute Gasteiger partial charge is 0.245 e. The molecule has 46 N–H and O–H groups in total. The number of ether oxygens (including phenoxy) is 9. The van der Waals surface area contributed by atoms with Gasteiger partial charge in [-0.25, -0.2) is 4.98 Å². The van der Waals surface area contributed by atoms with Crippen LogP contribution in [0.5, 0.6) is 35.3 Å². The second-order valence-corrected chi connectivity index (χ2v) is 22.8. The van der Waals surface area contributed by atoms with Crippen molar-refractivity contribution in [3.63, 3.8) is 0 Å². The number of anilines is 21. The van der Waals surface area contributed by atoms with Crippen LogP contribution in [0.2, 0.25) is 0 Å². The fourth-order valence-corrected chi connectivity index (χ4v) is 8.11. The highest BCUT2D eigenvalue weighted by atomic mass is 16.5. The van der Waals surface area contributed by atoms with Crippen LogP contribution < -0.4 is 170 Å². The van der Waals surface area contributed by atoms with Crippen LogP contribution >= 0.6 is 0 Å². The Morgan fingerprint density at radius 2 is 0.562 bits per heavy atom. The molecule has 622 valence electrons. The third-order valence-corrected chi connectivity index (χ3v) is 13.8. The molecule has 0 aliphatic rings. The number of hydrogen-bond acceptors (Lipinski definition) is 48. The van der Waals surface area contributed by atoms with Crippen LogP contribution in [0.4, 0.5) is 122 Å². The van der Waals surface area contributed by atoms with E-state index in [2.05, 4.69) is 98.0 Å². The van der Waals surface area contributed by atoms with E-state index in [0.29, 0.717) is 57.7 Å². The summed E-state index contributed by atoms with van der Waals surface area (Å²) in [7, 11) is 4.93. The van der Waals surface area contributed by atoms with Gasteiger partial charge in [-0.05, 0) is 83.2 Å². The lowest BCUT2D eigenvalue weighted by Gasteiger charge is -2.10. The molecule has 0 aliphatic carbocycles. The van der Waals surface area contributed by atoms with E-state index in [0.717, 1.165) is 109 Å². The molecule has 7 aromatic heterocycles. The van der Waals surface area contributed by atoms with Crippen molar-refractivity contribution in [1.29, 1.82) is 0 Å². The first-order valence-electron chi connectivity index (χ1n) is 34.9. The summed E-state index contributed by atoms with van der Waals surface area (Å²) >= 11 is 0. The summed E-state index contributed by atoms with van der Waals surface area (Å²) in [5, 5.41) is 12.2. The lowest BCUT2D eigenvalue weighted by molar-refractivity contribution is 0.143. The Labute approximate surface area is 649 Å². The SMILES string of the molecule is CCCCCOc1nc(N)nc(N)c1N.CCNCCCOc1nc(N)nc(N)c1N.CCNCOc1nc(N)nc(N)c1N.COCCCCCOc1nc(N)nc(N)c1N.COCCCNCCCOc1nc(N)nc(N)c1N.COCNCOc1nc(N)nc(N)c1N.Nc1nc(N)c(N)c(Cc2ccccc2)n1. The summed E-state index contributed by atoms with van der Waals surface area (Å²) in [4.78, 5) is 53.2. The van der Waals surface area contributed by atoms with E-state index in [-0.39, 0.29) is 158 Å². The van der Waals surface area contributed by atoms with Gasteiger partial charge in [0.25, 0.3) is 0 Å². The van der Waals surface area contributed by atoms with Crippen molar-refractivity contribution in [3.8, 4) is 35.3 Å². The van der Waals surface area contributed by atoms with Crippen molar-refractivity contribution in [2.75, 3.05) is 234 Å². The van der Waals surface area contributed by atoms with Crippen molar-refractivity contribution in [1.82, 2.24) is 91.0 Å². The van der Waals surface area contributed by atoms with E-state index in [9.17, 15) is 0 Å². The highest BCUT2D eigenvalue weighted by Crippen LogP contribution is 2.29. The summed E-state index contributed by atoms with van der Waals surface area (Å²) in [5.74, 6) is 2.90. The van der Waals surface area contributed by atoms with E-state index in [1.807, 2.05) is 44.2 Å². The molecule has 7 heterocycles. The van der Waals surface area contributed by atoms with Crippen LogP contribution in [-0.4, -0.2) is 184 Å². The predicted molar refractivity (Wildman–Crippen MR) is 440 cm³/mol. The number of benzene rings is 1. The van der Waals surface area contributed by atoms with Crippen molar-refractivity contribution in [3.05, 3.63) is 41.6 Å². The Hall–Kier alpha value is -12.9. The average Bonchev–Trinajstić information content (AvgIpc) is 0.875. The van der Waals surface area contributed by atoms with Gasteiger partial charge in [-0.15, -0.1) is 0 Å². The van der Waals surface area contributed by atoms with E-state index < -0.39 is 0 Å². The van der Waals surface area contributed by atoms with E-state index >= 15 is 0 Å². The third-order valence-electron chi connectivity index (χ3n) is 13.8. The van der Waals surface area contributed by atoms with E-state index in [1.54, 1.807) is 21.3 Å². The van der Waals surface area contributed by atoms with Crippen molar-refractivity contribution in [2.24, 2.45) is 0 Å². The maximum absolute atomic E-state index is 5.79. The zero-order valence-corrected chi connectivity index (χ0v) is 64.4. The number of unbranched alkanes of at least 4 members (excludes halogenated alkanes) is 4. The summed E-state index contributed by atoms with van der Waals surface area (Å²) in [6.45, 7) is 14.9. The lowest BCUT2D eigenvalue weighted by atomic mass is 10.1. The number of nitrogen functional groups attached to an aromatic ring is 21. The van der Waals surface area contributed by atoms with Crippen LogP contribution in [0.3, 0.4) is 0 Å². The second-order valence-electron chi connectivity index (χ2n) is 22.8. The van der Waals surface area contributed by atoms with E-state index in [1.165, 1.54) is 0 Å². The quantitative estimate of drug-likeness (QED) is 0.0166. The molecule has 0 amide bonds. The first-order valence-corrected chi connectivity index (χ1v) is 34.9. The maximum atomic E-state index is 5.79. The van der Waals surface area contributed by atoms with E-state index in [4.69, 9.17) is 163 Å². The Morgan fingerprint density at radius 1 is 0.268 bits per heavy atom. The lowest BCUT2D eigenvalue weighted by Crippen LogP contribution is -2.23. The average molecular weight is 1580 g/mol. The summed E-state index contributed by atoms with van der Waals surface area (Å²) in [6.07, 6.45) is 9.39. The number of nitrogens with two attached hydrogens (primary N) is 21. The van der Waals surface area contributed by atoms with Crippen molar-refractivity contribution >= 4 is 122 Å². The first kappa shape index (κ1) is 95.2. The molecule has 0 aliphatic heterocycles. The number of methoxy groups -OCH3 is 3. The van der Waals surface area contributed by atoms with Gasteiger partial charge in [0, 0.05) is 41.0 Å². The van der Waals surface area contributed by atoms with Gasteiger partial charge in [-0.2, -0.15) is 64.8 Å². The Morgan fingerprint density at radius 3 is 0.911 bits per heavy atom. The number of nitrogens with one attached hydrogen (secondary N) is 4. The molecule has 8 rings (SSSR count). The predicted octanol–water partition coefficient (Wildman–Crippen LogP) is -0.833. The van der Waals surface area contributed by atoms with Gasteiger partial charge in [-0.1, -0.05) is 63.9 Å². The Kier molecular flexibility index (Phi) is 46.4. The maximum Gasteiger partial charge on any atom is 0.245 e. The molecule has 48 nitrogen and oxygen atoms in total. The van der Waals surface area contributed by atoms with Crippen LogP contribution in [0.1, 0.15) is 89.8 Å². The zero-order chi connectivity index (χ0) is 83.3. The van der Waals surface area contributed by atoms with Gasteiger partial charge in [0.05, 0.1) is 44.5 Å². The summed E-state index contributed by atoms with van der Waals surface area (Å²) < 4.78 is 46.6. The standard InChI is InChI=1S/C11H22N6O2.C11H13N5.C10H19N5O2.C9H18N6O.C9H17N5O.C7H14N6O2.C7H14N6O/c1-18-6-2-4-15-5-3-7-19-10-8(12)9(13)16-11(14)17-10;12-9-8(15-11(14)16-10(9)13)6-7-4-2-1-3-5-7;1-16-5-3-2-4-6-17-9-7(11)8(12)14-10(13)15-9;1-2-13-4-3-5-16-8-6(10)7(11)14-9(12)15-8;1-2-3-4-5-15-8-6(10)7(11)13-9(12)14-8;1-14-2-11-3-15-6-4(8)5(9)12-7(10)13-6;1-2-11-3-14-6-4(8)5(9)12-7(10)13-6/h15H,2-7,12H2,1H3,(H4,13,14,16,17);1-5H,6,12H2,(H4,13,14,15,16);2-6,11H2,1H3,(H4,12,13,14,15);13H,2-5,10H2,1H3,(H4,11,12,14,15);2-5,10H2,1H3,(H4,11,12,13,14);11H,2-3,8H2,1H3,(H4,9,10,12,13);11H,2-3,8H2,1H3,(H4,9,10,12,13). The van der Waals surface area contributed by atoms with Crippen LogP contribution in [-0.2, 0) is 20.6 Å². The number of nitrogens with zero attached hydrogens (tertiary/aromatic N) is 14. The van der Waals surface area contributed by atoms with Gasteiger partial charge in [0.2, 0.25) is 76.9 Å². The molecular formula is C64H117N39O9. The van der Waals surface area contributed by atoms with Crippen molar-refractivity contribution in [2.45, 2.75) is 85.0 Å². The first-order chi connectivity index (χ1) is 53.5. The van der Waals surface area contributed by atoms with Crippen LogP contribution in [0.15, 0.2) is 30.3 Å². The monoisotopic (exact) mass is 1580 g/mol. The van der Waals surface area contributed by atoms with Gasteiger partial charge in [-0.3, -0.25) is 10.6 Å². The minimum atomic E-state index is 0.0171. The molecule has 1 aromatic carbocycles. The van der Waals surface area contributed by atoms with Gasteiger partial charge in [0.1, 0.15) is 47.6 Å². The summed E-state index contributed by atoms with van der Waals surface area (Å²) in [6, 6.07) is 9.86. The van der Waals surface area contributed by atoms with Crippen LogP contribution in [0, 0.1) is 0 Å². The molecule has 8 aromatic rings. The highest BCUT2D eigenvalue weighted by molar-refractivity contribution is 5.70. The highest BCUT2D eigenvalue weighted by Gasteiger charge is 2.15. The molecule has 112 heavy (non-hydrogen) atoms. The molecule has 0 atom stereocenters. The Bertz CT molecular complexity index is 3900. The minimum absolute atomic E-state index is 0.0171. The van der Waals surface area contributed by atoms with Crippen LogP contribution in [0.25, 0.3) is 0 Å². The molecule has 48 heteroatoms. The zero-order valence-electron chi connectivity index (χ0n) is 64.4.